The van der Waals surface area contributed by atoms with Crippen LogP contribution in [-0.4, -0.2) is 34.5 Å². The molecule has 0 unspecified atom stereocenters. The molecule has 2 aromatic rings. The van der Waals surface area contributed by atoms with Crippen molar-refractivity contribution in [2.24, 2.45) is 12.8 Å². The highest BCUT2D eigenvalue weighted by Crippen LogP contribution is 2.19. The van der Waals surface area contributed by atoms with Gasteiger partial charge in [-0.25, -0.2) is 0 Å². The van der Waals surface area contributed by atoms with E-state index in [1.54, 1.807) is 17.7 Å². The molecule has 1 aromatic heterocycles. The summed E-state index contributed by atoms with van der Waals surface area (Å²) in [6.07, 6.45) is 4.52. The summed E-state index contributed by atoms with van der Waals surface area (Å²) in [5, 5.41) is 0. The number of carbonyl (C=O) groups excluding carboxylic acids is 1. The number of nitrogens with zero attached hydrogens (tertiary/aromatic N) is 2. The summed E-state index contributed by atoms with van der Waals surface area (Å²) in [4.78, 5) is 25.6. The summed E-state index contributed by atoms with van der Waals surface area (Å²) in [6.45, 7) is 1.66. The van der Waals surface area contributed by atoms with Crippen LogP contribution in [0.15, 0.2) is 47.4 Å². The van der Waals surface area contributed by atoms with E-state index < -0.39 is 6.04 Å². The minimum Gasteiger partial charge on any atom is -0.341 e. The average molecular weight is 325 g/mol. The van der Waals surface area contributed by atoms with Crippen LogP contribution < -0.4 is 11.3 Å². The first kappa shape index (κ1) is 16.5. The molecular weight excluding hydrogens is 302 g/mol. The van der Waals surface area contributed by atoms with Gasteiger partial charge in [0.1, 0.15) is 0 Å². The summed E-state index contributed by atoms with van der Waals surface area (Å²) in [6, 6.07) is 10.9. The third-order valence-electron chi connectivity index (χ3n) is 4.56. The second-order valence-corrected chi connectivity index (χ2v) is 6.41. The van der Waals surface area contributed by atoms with E-state index in [1.165, 1.54) is 0 Å². The number of aromatic nitrogens is 1. The van der Waals surface area contributed by atoms with Crippen molar-refractivity contribution < 1.29 is 4.79 Å². The molecule has 2 heterocycles. The summed E-state index contributed by atoms with van der Waals surface area (Å²) in [5.74, 6) is 0.0506. The topological polar surface area (TPSA) is 68.3 Å². The van der Waals surface area contributed by atoms with Crippen molar-refractivity contribution in [2.45, 2.75) is 25.3 Å². The van der Waals surface area contributed by atoms with Gasteiger partial charge in [0.05, 0.1) is 6.04 Å². The Kier molecular flexibility index (Phi) is 4.81. The molecule has 1 amide bonds. The van der Waals surface area contributed by atoms with Crippen LogP contribution in [-0.2, 0) is 18.3 Å². The first-order chi connectivity index (χ1) is 11.5. The fourth-order valence-electron chi connectivity index (χ4n) is 3.11. The lowest BCUT2D eigenvalue weighted by Crippen LogP contribution is -2.43. The van der Waals surface area contributed by atoms with Crippen LogP contribution in [0, 0.1) is 0 Å². The van der Waals surface area contributed by atoms with Gasteiger partial charge in [0, 0.05) is 32.4 Å². The van der Waals surface area contributed by atoms with Gasteiger partial charge in [-0.15, -0.1) is 0 Å². The standard InChI is InChI=1S/C19H23N3O2/c1-21-13-16(8-9-18(21)23)15-6-4-14(5-7-15)12-17(20)19(24)22-10-2-3-11-22/h4-9,13,17H,2-3,10-12,20H2,1H3/t17-/m0/s1. The number of hydrogen-bond acceptors (Lipinski definition) is 3. The van der Waals surface area contributed by atoms with Crippen LogP contribution in [0.25, 0.3) is 11.1 Å². The maximum Gasteiger partial charge on any atom is 0.250 e. The Morgan fingerprint density at radius 3 is 2.33 bits per heavy atom. The van der Waals surface area contributed by atoms with Gasteiger partial charge in [-0.3, -0.25) is 9.59 Å². The van der Waals surface area contributed by atoms with Crippen molar-refractivity contribution in [3.8, 4) is 11.1 Å². The number of aryl methyl sites for hydroxylation is 1. The van der Waals surface area contributed by atoms with Crippen LogP contribution in [0.4, 0.5) is 0 Å². The molecule has 1 aromatic carbocycles. The Morgan fingerprint density at radius 2 is 1.71 bits per heavy atom. The van der Waals surface area contributed by atoms with Crippen molar-refractivity contribution in [1.29, 1.82) is 0 Å². The quantitative estimate of drug-likeness (QED) is 0.927. The number of amides is 1. The highest BCUT2D eigenvalue weighted by Gasteiger charge is 2.23. The second kappa shape index (κ2) is 7.01. The first-order valence-electron chi connectivity index (χ1n) is 8.35. The van der Waals surface area contributed by atoms with Crippen molar-refractivity contribution in [1.82, 2.24) is 9.47 Å². The van der Waals surface area contributed by atoms with Crippen LogP contribution in [0.5, 0.6) is 0 Å². The Hall–Kier alpha value is -2.40. The summed E-state index contributed by atoms with van der Waals surface area (Å²) < 4.78 is 1.56. The molecule has 2 N–H and O–H groups in total. The minimum absolute atomic E-state index is 0.0261. The molecule has 0 radical (unpaired) electrons. The van der Waals surface area contributed by atoms with Gasteiger partial charge in [-0.1, -0.05) is 24.3 Å². The smallest absolute Gasteiger partial charge is 0.250 e. The molecule has 3 rings (SSSR count). The highest BCUT2D eigenvalue weighted by atomic mass is 16.2. The Morgan fingerprint density at radius 1 is 1.08 bits per heavy atom. The third-order valence-corrected chi connectivity index (χ3v) is 4.56. The van der Waals surface area contributed by atoms with E-state index in [0.29, 0.717) is 6.42 Å². The first-order valence-corrected chi connectivity index (χ1v) is 8.35. The number of benzene rings is 1. The van der Waals surface area contributed by atoms with Gasteiger partial charge in [0.15, 0.2) is 0 Å². The van der Waals surface area contributed by atoms with E-state index >= 15 is 0 Å². The van der Waals surface area contributed by atoms with Crippen LogP contribution in [0.2, 0.25) is 0 Å². The lowest BCUT2D eigenvalue weighted by Gasteiger charge is -2.20. The minimum atomic E-state index is -0.480. The number of pyridine rings is 1. The Balaban J connectivity index is 1.68. The second-order valence-electron chi connectivity index (χ2n) is 6.41. The SMILES string of the molecule is Cn1cc(-c2ccc(C[C@H](N)C(=O)N3CCCC3)cc2)ccc1=O. The van der Waals surface area contributed by atoms with Crippen molar-refractivity contribution in [3.05, 3.63) is 58.5 Å². The fourth-order valence-corrected chi connectivity index (χ4v) is 3.11. The number of likely N-dealkylation sites (tertiary alicyclic amines) is 1. The van der Waals surface area contributed by atoms with Crippen LogP contribution >= 0.6 is 0 Å². The molecule has 126 valence electrons. The Labute approximate surface area is 141 Å². The lowest BCUT2D eigenvalue weighted by atomic mass is 10.0. The third kappa shape index (κ3) is 3.57. The number of hydrogen-bond donors (Lipinski definition) is 1. The molecule has 0 saturated carbocycles. The molecule has 0 spiro atoms. The van der Waals surface area contributed by atoms with Crippen molar-refractivity contribution in [3.63, 3.8) is 0 Å². The average Bonchev–Trinajstić information content (AvgIpc) is 3.12. The predicted octanol–water partition coefficient (Wildman–Crippen LogP) is 1.54. The number of rotatable bonds is 4. The fraction of sp³-hybridized carbons (Fsp3) is 0.368. The largest absolute Gasteiger partial charge is 0.341 e. The summed E-state index contributed by atoms with van der Waals surface area (Å²) in [7, 11) is 1.74. The molecule has 1 aliphatic rings. The van der Waals surface area contributed by atoms with E-state index in [0.717, 1.165) is 42.6 Å². The van der Waals surface area contributed by atoms with Crippen LogP contribution in [0.3, 0.4) is 0 Å². The molecule has 1 saturated heterocycles. The summed E-state index contributed by atoms with van der Waals surface area (Å²) >= 11 is 0. The zero-order valence-corrected chi connectivity index (χ0v) is 13.9. The number of carbonyl (C=O) groups is 1. The molecule has 1 aliphatic heterocycles. The molecule has 5 heteroatoms. The van der Waals surface area contributed by atoms with Gasteiger partial charge in [-0.2, -0.15) is 0 Å². The van der Waals surface area contributed by atoms with E-state index in [2.05, 4.69) is 0 Å². The molecule has 1 atom stereocenters. The molecular formula is C19H23N3O2. The van der Waals surface area contributed by atoms with Crippen LogP contribution in [0.1, 0.15) is 18.4 Å². The molecule has 1 fully saturated rings. The summed E-state index contributed by atoms with van der Waals surface area (Å²) in [5.41, 5.74) is 9.13. The van der Waals surface area contributed by atoms with Gasteiger partial charge >= 0.3 is 0 Å². The number of nitrogens with two attached hydrogens (primary N) is 1. The zero-order valence-electron chi connectivity index (χ0n) is 13.9. The van der Waals surface area contributed by atoms with Crippen molar-refractivity contribution >= 4 is 5.91 Å². The van der Waals surface area contributed by atoms with Gasteiger partial charge < -0.3 is 15.2 Å². The van der Waals surface area contributed by atoms with Gasteiger partial charge in [0.25, 0.3) is 0 Å². The van der Waals surface area contributed by atoms with E-state index in [9.17, 15) is 9.59 Å². The normalized spacial score (nSPS) is 15.5. The maximum absolute atomic E-state index is 12.3. The van der Waals surface area contributed by atoms with E-state index in [1.807, 2.05) is 41.4 Å². The highest BCUT2D eigenvalue weighted by molar-refractivity contribution is 5.82. The lowest BCUT2D eigenvalue weighted by molar-refractivity contribution is -0.131. The van der Waals surface area contributed by atoms with Gasteiger partial charge in [0.2, 0.25) is 11.5 Å². The molecule has 24 heavy (non-hydrogen) atoms. The van der Waals surface area contributed by atoms with E-state index in [4.69, 9.17) is 5.73 Å². The van der Waals surface area contributed by atoms with Crippen molar-refractivity contribution in [2.75, 3.05) is 13.1 Å². The van der Waals surface area contributed by atoms with E-state index in [-0.39, 0.29) is 11.5 Å². The molecule has 5 nitrogen and oxygen atoms in total. The Bertz CT molecular complexity index is 774. The maximum atomic E-state index is 12.3. The predicted molar refractivity (Wildman–Crippen MR) is 94.6 cm³/mol. The zero-order chi connectivity index (χ0) is 17.1. The monoisotopic (exact) mass is 325 g/mol. The molecule has 0 aliphatic carbocycles. The molecule has 0 bridgehead atoms. The van der Waals surface area contributed by atoms with Gasteiger partial charge in [-0.05, 0) is 42.0 Å².